The Morgan fingerprint density at radius 2 is 0.780 bits per heavy atom. The second-order valence-electron chi connectivity index (χ2n) is 38.9. The van der Waals surface area contributed by atoms with Gasteiger partial charge in [0.05, 0.1) is 113 Å². The average molecular weight is 2050 g/mol. The molecule has 4 aliphatic rings. The molecule has 0 saturated carbocycles. The molecule has 28 heteroatoms. The summed E-state index contributed by atoms with van der Waals surface area (Å²) in [5.74, 6) is -3.13. The molecule has 1 amide bonds. The topological polar surface area (TPSA) is 364 Å². The van der Waals surface area contributed by atoms with Gasteiger partial charge in [-0.1, -0.05) is 222 Å². The lowest BCUT2D eigenvalue weighted by Gasteiger charge is -2.25. The van der Waals surface area contributed by atoms with Crippen molar-refractivity contribution < 1.29 is 76.5 Å². The van der Waals surface area contributed by atoms with E-state index in [1.165, 1.54) is 12.4 Å². The number of unbranched alkanes of at least 4 members (excludes halogenated alkanes) is 2. The summed E-state index contributed by atoms with van der Waals surface area (Å²) in [6.45, 7) is 26.0. The number of ketones is 7. The van der Waals surface area contributed by atoms with E-state index < -0.39 is 28.3 Å². The molecule has 0 bridgehead atoms. The number of benzene rings is 13. The number of rotatable bonds is 33. The van der Waals surface area contributed by atoms with E-state index in [0.29, 0.717) is 171 Å². The van der Waals surface area contributed by atoms with Crippen LogP contribution in [0.4, 0.5) is 68.2 Å². The number of carbonyl (C=O) groups is 12. The first-order chi connectivity index (χ1) is 71.9. The third-order valence-electron chi connectivity index (χ3n) is 27.1. The molecule has 766 valence electrons. The summed E-state index contributed by atoms with van der Waals surface area (Å²) < 4.78 is 21.8. The molecule has 26 nitrogen and oxygen atoms in total. The standard InChI is InChI=1S/C35H28Cl2N4O4.C34H32N2O4.C27H26N2O4.C26H32N2O4/c1-4-35(2,3)34(44)45-17-19-9-12-21(13-10-19)40-27-16-26(41-33(43)24-15-20(36)11-14-25(24)37)28-29-30(38-18-39-31(27)29)22-7-5-6-8-23(22)32(28)42;1-5-34(3,4)33(39)40-20-22-12-16-24(17-13-22)36-28-19-18-27(35-23-14-10-21(2)11-15-23)29-30(28)32(38)26-9-7-6-8-25(26)31(29)37;1-4-16(2)33-23(30)15-17-9-11-18(12-10-17)29-22-14-13-21(28-3)24-25(22)27(32)20-8-6-5-7-19(20)26(24)31;1-5-7-10-15-27-19-13-14-20(28-16-21(29)32-26(3,4)6-2)23-22(19)24(30)17-11-8-9-12-18(17)25(23)31/h5-16,18,40H,4,17H2,1-3H3,(H,41,43);6-19,35-36H,5,20H2,1-4H3;5-14,16,28-29H,4,15H2,1-3H3;8-9,11-14,27-28H,5-7,10,15-16H2,1-4H3. The van der Waals surface area contributed by atoms with Gasteiger partial charge in [-0.15, -0.1) is 0 Å². The van der Waals surface area contributed by atoms with Crippen molar-refractivity contribution in [1.82, 2.24) is 9.97 Å². The third-order valence-corrected chi connectivity index (χ3v) is 27.7. The van der Waals surface area contributed by atoms with Crippen LogP contribution in [0.5, 0.6) is 0 Å². The highest BCUT2D eigenvalue weighted by Crippen LogP contribution is 2.47. The number of ether oxygens (including phenoxy) is 4. The maximum atomic E-state index is 13.9. The minimum absolute atomic E-state index is 0.0950. The van der Waals surface area contributed by atoms with Crippen molar-refractivity contribution in [2.75, 3.05) is 62.7 Å². The lowest BCUT2D eigenvalue weighted by atomic mass is 9.82. The van der Waals surface area contributed by atoms with E-state index in [9.17, 15) is 57.5 Å². The Labute approximate surface area is 881 Å². The SMILES string of the molecule is CCC(C)(C)C(=O)OCc1ccc(Nc2cc(NC(=O)c3cc(Cl)ccc3Cl)c3c4c(ncnc24)-c2ccccc2C3=O)cc1.CCC(C)(C)C(=O)OCc1ccc(Nc2ccc(Nc3ccc(C)cc3)c3c2C(=O)c2ccccc2C3=O)cc1.CCC(C)OC(=O)Cc1ccc(Nc2ccc(NC)c3c2C(=O)c2ccccc2C3=O)cc1.CCCCCNc1ccc(NCC(=O)OC(C)(C)CC)c2c1C(=O)c1ccccc1C2=O. The van der Waals surface area contributed by atoms with Crippen LogP contribution < -0.4 is 42.5 Å². The van der Waals surface area contributed by atoms with Gasteiger partial charge in [0.1, 0.15) is 31.7 Å². The molecule has 0 spiro atoms. The van der Waals surface area contributed by atoms with Crippen molar-refractivity contribution in [2.24, 2.45) is 10.8 Å². The molecule has 1 unspecified atom stereocenters. The lowest BCUT2D eigenvalue weighted by Crippen LogP contribution is -2.31. The summed E-state index contributed by atoms with van der Waals surface area (Å²) in [5, 5.41) is 26.7. The second kappa shape index (κ2) is 47.1. The van der Waals surface area contributed by atoms with Crippen molar-refractivity contribution in [3.8, 4) is 11.3 Å². The van der Waals surface area contributed by atoms with Crippen LogP contribution in [0.1, 0.15) is 272 Å². The fraction of sp³-hybridized carbons (Fsp3) is 0.246. The zero-order chi connectivity index (χ0) is 107. The molecule has 1 heterocycles. The molecule has 4 aliphatic carbocycles. The number of amides is 1. The van der Waals surface area contributed by atoms with Gasteiger partial charge in [0.2, 0.25) is 0 Å². The predicted molar refractivity (Wildman–Crippen MR) is 590 cm³/mol. The summed E-state index contributed by atoms with van der Waals surface area (Å²) >= 11 is 12.5. The minimum atomic E-state index is -0.560. The number of aromatic nitrogens is 2. The van der Waals surface area contributed by atoms with Crippen LogP contribution in [0.15, 0.2) is 261 Å². The van der Waals surface area contributed by atoms with Crippen LogP contribution in [0, 0.1) is 17.8 Å². The van der Waals surface area contributed by atoms with Gasteiger partial charge in [-0.25, -0.2) is 9.97 Å². The van der Waals surface area contributed by atoms with Gasteiger partial charge in [0.15, 0.2) is 40.5 Å². The highest BCUT2D eigenvalue weighted by Gasteiger charge is 2.40. The fourth-order valence-electron chi connectivity index (χ4n) is 17.3. The van der Waals surface area contributed by atoms with Crippen molar-refractivity contribution in [3.63, 3.8) is 0 Å². The molecule has 18 rings (SSSR count). The molecule has 13 aromatic carbocycles. The van der Waals surface area contributed by atoms with Crippen LogP contribution in [0.3, 0.4) is 0 Å². The zero-order valence-electron chi connectivity index (χ0n) is 86.1. The fourth-order valence-corrected chi connectivity index (χ4v) is 17.6. The summed E-state index contributed by atoms with van der Waals surface area (Å²) in [6.07, 6.45) is 7.55. The number of hydrogen-bond donors (Lipinski definition) is 8. The summed E-state index contributed by atoms with van der Waals surface area (Å²) in [6, 6.07) is 75.1. The van der Waals surface area contributed by atoms with Gasteiger partial charge in [-0.05, 0) is 213 Å². The molecule has 14 aromatic rings. The molecular weight excluding hydrogens is 1930 g/mol. The molecule has 150 heavy (non-hydrogen) atoms. The summed E-state index contributed by atoms with van der Waals surface area (Å²) in [7, 11) is 1.73. The van der Waals surface area contributed by atoms with E-state index in [1.807, 2.05) is 204 Å². The molecule has 0 aliphatic heterocycles. The first-order valence-corrected chi connectivity index (χ1v) is 50.8. The Hall–Kier alpha value is -16.6. The third kappa shape index (κ3) is 24.1. The number of esters is 4. The maximum absolute atomic E-state index is 13.9. The smallest absolute Gasteiger partial charge is 0.325 e. The summed E-state index contributed by atoms with van der Waals surface area (Å²) in [4.78, 5) is 166. The number of halogens is 2. The first kappa shape index (κ1) is 108. The van der Waals surface area contributed by atoms with Crippen LogP contribution in [0.2, 0.25) is 10.0 Å². The lowest BCUT2D eigenvalue weighted by molar-refractivity contribution is -0.156. The van der Waals surface area contributed by atoms with E-state index in [-0.39, 0.29) is 113 Å². The highest BCUT2D eigenvalue weighted by atomic mass is 35.5. The van der Waals surface area contributed by atoms with Gasteiger partial charge >= 0.3 is 23.9 Å². The Bertz CT molecular complexity index is 7630. The highest BCUT2D eigenvalue weighted by molar-refractivity contribution is 6.38. The van der Waals surface area contributed by atoms with Gasteiger partial charge in [-0.2, -0.15) is 0 Å². The Balaban J connectivity index is 0.000000151. The van der Waals surface area contributed by atoms with Crippen molar-refractivity contribution >= 4 is 173 Å². The number of hydrogen-bond acceptors (Lipinski definition) is 25. The molecular formula is C122H118Cl2N10O16. The summed E-state index contributed by atoms with van der Waals surface area (Å²) in [5.41, 5.74) is 16.4. The van der Waals surface area contributed by atoms with Crippen LogP contribution in [-0.2, 0) is 57.8 Å². The normalized spacial score (nSPS) is 12.5. The number of fused-ring (bicyclic) bond motifs is 8. The number of nitrogens with zero attached hydrogens (tertiary/aromatic N) is 2. The van der Waals surface area contributed by atoms with Gasteiger partial charge in [-0.3, -0.25) is 57.5 Å². The van der Waals surface area contributed by atoms with Crippen molar-refractivity contribution in [2.45, 2.75) is 166 Å². The molecule has 1 atom stereocenters. The Kier molecular flexibility index (Phi) is 33.8. The van der Waals surface area contributed by atoms with Crippen LogP contribution in [0.25, 0.3) is 22.2 Å². The van der Waals surface area contributed by atoms with E-state index in [4.69, 9.17) is 42.1 Å². The molecule has 8 N–H and O–H groups in total. The number of nitrogens with one attached hydrogen (secondary N) is 8. The molecule has 0 fully saturated rings. The Morgan fingerprint density at radius 1 is 0.393 bits per heavy atom. The number of anilines is 12. The monoisotopic (exact) mass is 2050 g/mol. The maximum Gasteiger partial charge on any atom is 0.325 e. The Morgan fingerprint density at radius 3 is 1.21 bits per heavy atom. The van der Waals surface area contributed by atoms with E-state index in [1.54, 1.807) is 134 Å². The molecule has 1 aromatic heterocycles. The minimum Gasteiger partial charge on any atom is -0.462 e. The predicted octanol–water partition coefficient (Wildman–Crippen LogP) is 26.7. The molecule has 0 radical (unpaired) electrons. The van der Waals surface area contributed by atoms with Crippen LogP contribution in [-0.4, -0.2) is 112 Å². The molecule has 0 saturated heterocycles. The average Bonchev–Trinajstić information content (AvgIpc) is 0.734. The first-order valence-electron chi connectivity index (χ1n) is 50.1. The number of carbonyl (C=O) groups excluding carboxylic acids is 12. The van der Waals surface area contributed by atoms with Gasteiger partial charge < -0.3 is 61.5 Å². The van der Waals surface area contributed by atoms with E-state index in [2.05, 4.69) is 59.4 Å². The van der Waals surface area contributed by atoms with E-state index in [0.717, 1.165) is 65.0 Å². The van der Waals surface area contributed by atoms with Crippen LogP contribution >= 0.6 is 23.2 Å². The van der Waals surface area contributed by atoms with Crippen molar-refractivity contribution in [3.05, 3.63) is 377 Å². The quantitative estimate of drug-likeness (QED) is 0.0108. The largest absolute Gasteiger partial charge is 0.462 e. The van der Waals surface area contributed by atoms with Crippen molar-refractivity contribution in [1.29, 1.82) is 0 Å². The zero-order valence-corrected chi connectivity index (χ0v) is 87.6. The second-order valence-corrected chi connectivity index (χ2v) is 39.7. The number of aryl methyl sites for hydroxylation is 1. The van der Waals surface area contributed by atoms with E-state index >= 15 is 0 Å². The van der Waals surface area contributed by atoms with Gasteiger partial charge in [0.25, 0.3) is 5.91 Å². The van der Waals surface area contributed by atoms with Gasteiger partial charge in [0, 0.05) is 108 Å².